The SMILES string of the molecule is c1cc2c(c(OC3CCOCC3)n1)C(c1cnn([C@H]3CCOC3)c1)=NC2. The summed E-state index contributed by atoms with van der Waals surface area (Å²) in [6, 6.07) is 2.34. The number of hydrogen-bond acceptors (Lipinski definition) is 6. The van der Waals surface area contributed by atoms with Crippen molar-refractivity contribution < 1.29 is 14.2 Å². The number of ether oxygens (including phenoxy) is 3. The number of hydrogen-bond donors (Lipinski definition) is 0. The fraction of sp³-hybridized carbons (Fsp3) is 0.526. The summed E-state index contributed by atoms with van der Waals surface area (Å²) in [5.41, 5.74) is 4.12. The van der Waals surface area contributed by atoms with Crippen LogP contribution in [0.4, 0.5) is 0 Å². The molecule has 7 nitrogen and oxygen atoms in total. The second-order valence-corrected chi connectivity index (χ2v) is 6.97. The standard InChI is InChI=1S/C19H22N4O3/c1-5-20-19(26-16-3-7-24-8-4-16)17-13(1)9-21-18(17)14-10-22-23(11-14)15-2-6-25-12-15/h1,5,10-11,15-16H,2-4,6-9,12H2/t15-/m0/s1. The van der Waals surface area contributed by atoms with E-state index in [1.165, 1.54) is 0 Å². The van der Waals surface area contributed by atoms with Crippen LogP contribution in [0, 0.1) is 0 Å². The van der Waals surface area contributed by atoms with Gasteiger partial charge in [0.1, 0.15) is 6.10 Å². The minimum Gasteiger partial charge on any atom is -0.474 e. The van der Waals surface area contributed by atoms with E-state index in [0.29, 0.717) is 18.5 Å². The summed E-state index contributed by atoms with van der Waals surface area (Å²) < 4.78 is 19.1. The third-order valence-corrected chi connectivity index (χ3v) is 5.25. The van der Waals surface area contributed by atoms with E-state index in [-0.39, 0.29) is 6.10 Å². The molecular formula is C19H22N4O3. The molecule has 26 heavy (non-hydrogen) atoms. The summed E-state index contributed by atoms with van der Waals surface area (Å²) in [7, 11) is 0. The molecule has 0 radical (unpaired) electrons. The van der Waals surface area contributed by atoms with Crippen LogP contribution in [0.15, 0.2) is 29.6 Å². The predicted molar refractivity (Wildman–Crippen MR) is 94.7 cm³/mol. The van der Waals surface area contributed by atoms with Crippen LogP contribution in [0.1, 0.15) is 42.0 Å². The van der Waals surface area contributed by atoms with Crippen molar-refractivity contribution in [3.05, 3.63) is 41.3 Å². The summed E-state index contributed by atoms with van der Waals surface area (Å²) in [6.45, 7) is 3.68. The normalized spacial score (nSPS) is 23.1. The van der Waals surface area contributed by atoms with E-state index in [2.05, 4.69) is 16.3 Å². The van der Waals surface area contributed by atoms with Gasteiger partial charge in [0.2, 0.25) is 5.88 Å². The average molecular weight is 354 g/mol. The van der Waals surface area contributed by atoms with Gasteiger partial charge in [-0.3, -0.25) is 9.67 Å². The number of pyridine rings is 1. The lowest BCUT2D eigenvalue weighted by molar-refractivity contribution is 0.0236. The second-order valence-electron chi connectivity index (χ2n) is 6.97. The number of nitrogens with zero attached hydrogens (tertiary/aromatic N) is 4. The van der Waals surface area contributed by atoms with Crippen LogP contribution < -0.4 is 4.74 Å². The van der Waals surface area contributed by atoms with E-state index in [9.17, 15) is 0 Å². The number of aliphatic imine (C=N–C) groups is 1. The van der Waals surface area contributed by atoms with Crippen molar-refractivity contribution in [2.24, 2.45) is 4.99 Å². The molecule has 2 fully saturated rings. The van der Waals surface area contributed by atoms with Gasteiger partial charge in [-0.25, -0.2) is 4.98 Å². The third kappa shape index (κ3) is 2.91. The Labute approximate surface area is 152 Å². The molecule has 3 aliphatic heterocycles. The van der Waals surface area contributed by atoms with Crippen LogP contribution >= 0.6 is 0 Å². The van der Waals surface area contributed by atoms with Gasteiger partial charge >= 0.3 is 0 Å². The maximum absolute atomic E-state index is 6.24. The highest BCUT2D eigenvalue weighted by atomic mass is 16.5. The van der Waals surface area contributed by atoms with Crippen LogP contribution in [0.25, 0.3) is 0 Å². The quantitative estimate of drug-likeness (QED) is 0.841. The van der Waals surface area contributed by atoms with E-state index in [1.807, 2.05) is 23.1 Å². The topological polar surface area (TPSA) is 70.8 Å². The Balaban J connectivity index is 1.43. The van der Waals surface area contributed by atoms with Gasteiger partial charge < -0.3 is 14.2 Å². The Morgan fingerprint density at radius 2 is 2.00 bits per heavy atom. The maximum Gasteiger partial charge on any atom is 0.223 e. The molecule has 1 atom stereocenters. The molecule has 0 saturated carbocycles. The first-order valence-electron chi connectivity index (χ1n) is 9.28. The first kappa shape index (κ1) is 16.0. The van der Waals surface area contributed by atoms with Gasteiger partial charge in [0.05, 0.1) is 49.9 Å². The largest absolute Gasteiger partial charge is 0.474 e. The van der Waals surface area contributed by atoms with Crippen LogP contribution in [0.3, 0.4) is 0 Å². The van der Waals surface area contributed by atoms with Gasteiger partial charge in [0.25, 0.3) is 0 Å². The van der Waals surface area contributed by atoms with Gasteiger partial charge in [-0.15, -0.1) is 0 Å². The van der Waals surface area contributed by atoms with Gasteiger partial charge in [-0.1, -0.05) is 0 Å². The number of aromatic nitrogens is 3. The lowest BCUT2D eigenvalue weighted by Gasteiger charge is -2.23. The first-order chi connectivity index (χ1) is 12.9. The van der Waals surface area contributed by atoms with Gasteiger partial charge in [0.15, 0.2) is 0 Å². The van der Waals surface area contributed by atoms with E-state index in [0.717, 1.165) is 68.1 Å². The van der Waals surface area contributed by atoms with Crippen LogP contribution in [0.2, 0.25) is 0 Å². The van der Waals surface area contributed by atoms with Gasteiger partial charge in [0, 0.05) is 37.4 Å². The molecule has 7 heteroatoms. The summed E-state index contributed by atoms with van der Waals surface area (Å²) in [4.78, 5) is 9.27. The van der Waals surface area contributed by atoms with Crippen molar-refractivity contribution in [3.63, 3.8) is 0 Å². The predicted octanol–water partition coefficient (Wildman–Crippen LogP) is 2.15. The molecule has 0 aromatic carbocycles. The fourth-order valence-corrected chi connectivity index (χ4v) is 3.78. The molecule has 5 heterocycles. The lowest BCUT2D eigenvalue weighted by atomic mass is 10.0. The van der Waals surface area contributed by atoms with Crippen molar-refractivity contribution >= 4 is 5.71 Å². The highest BCUT2D eigenvalue weighted by Gasteiger charge is 2.27. The smallest absolute Gasteiger partial charge is 0.223 e. The van der Waals surface area contributed by atoms with Crippen molar-refractivity contribution in [2.45, 2.75) is 38.0 Å². The monoisotopic (exact) mass is 354 g/mol. The van der Waals surface area contributed by atoms with Crippen LogP contribution in [-0.4, -0.2) is 53.0 Å². The molecular weight excluding hydrogens is 332 g/mol. The zero-order valence-electron chi connectivity index (χ0n) is 14.6. The number of fused-ring (bicyclic) bond motifs is 1. The van der Waals surface area contributed by atoms with Crippen LogP contribution in [0.5, 0.6) is 5.88 Å². The molecule has 5 rings (SSSR count). The van der Waals surface area contributed by atoms with E-state index in [1.54, 1.807) is 0 Å². The molecule has 0 aliphatic carbocycles. The van der Waals surface area contributed by atoms with E-state index >= 15 is 0 Å². The fourth-order valence-electron chi connectivity index (χ4n) is 3.78. The average Bonchev–Trinajstić information content (AvgIpc) is 3.42. The highest BCUT2D eigenvalue weighted by Crippen LogP contribution is 2.31. The van der Waals surface area contributed by atoms with Gasteiger partial charge in [-0.2, -0.15) is 5.10 Å². The zero-order chi connectivity index (χ0) is 17.3. The Hall–Kier alpha value is -2.25. The Morgan fingerprint density at radius 1 is 1.12 bits per heavy atom. The van der Waals surface area contributed by atoms with E-state index < -0.39 is 0 Å². The molecule has 0 N–H and O–H groups in total. The molecule has 2 saturated heterocycles. The molecule has 2 aromatic rings. The first-order valence-corrected chi connectivity index (χ1v) is 9.28. The Kier molecular flexibility index (Phi) is 4.18. The summed E-state index contributed by atoms with van der Waals surface area (Å²) >= 11 is 0. The van der Waals surface area contributed by atoms with Crippen LogP contribution in [-0.2, 0) is 16.0 Å². The summed E-state index contributed by atoms with van der Waals surface area (Å²) in [5.74, 6) is 0.683. The molecule has 0 amide bonds. The molecule has 0 bridgehead atoms. The highest BCUT2D eigenvalue weighted by molar-refractivity contribution is 6.16. The van der Waals surface area contributed by atoms with Crippen molar-refractivity contribution in [1.29, 1.82) is 0 Å². The molecule has 136 valence electrons. The summed E-state index contributed by atoms with van der Waals surface area (Å²) in [5, 5.41) is 4.54. The zero-order valence-corrected chi connectivity index (χ0v) is 14.6. The lowest BCUT2D eigenvalue weighted by Crippen LogP contribution is -2.27. The second kappa shape index (κ2) is 6.81. The molecule has 3 aliphatic rings. The summed E-state index contributed by atoms with van der Waals surface area (Å²) in [6.07, 6.45) is 8.72. The third-order valence-electron chi connectivity index (χ3n) is 5.25. The molecule has 0 unspecified atom stereocenters. The number of rotatable bonds is 4. The minimum absolute atomic E-state index is 0.156. The van der Waals surface area contributed by atoms with Crippen molar-refractivity contribution in [1.82, 2.24) is 14.8 Å². The minimum atomic E-state index is 0.156. The molecule has 2 aromatic heterocycles. The Bertz CT molecular complexity index is 820. The maximum atomic E-state index is 6.24. The molecule has 0 spiro atoms. The Morgan fingerprint density at radius 3 is 2.85 bits per heavy atom. The van der Waals surface area contributed by atoms with Crippen molar-refractivity contribution in [2.75, 3.05) is 26.4 Å². The van der Waals surface area contributed by atoms with Crippen molar-refractivity contribution in [3.8, 4) is 5.88 Å². The van der Waals surface area contributed by atoms with Gasteiger partial charge in [-0.05, 0) is 18.1 Å². The van der Waals surface area contributed by atoms with E-state index in [4.69, 9.17) is 19.2 Å².